The lowest BCUT2D eigenvalue weighted by atomic mass is 9.98. The van der Waals surface area contributed by atoms with E-state index in [2.05, 4.69) is 10.6 Å². The first-order valence-electron chi connectivity index (χ1n) is 20.6. The van der Waals surface area contributed by atoms with Crippen molar-refractivity contribution in [3.8, 4) is 0 Å². The van der Waals surface area contributed by atoms with Gasteiger partial charge in [0.1, 0.15) is 37.1 Å². The van der Waals surface area contributed by atoms with Gasteiger partial charge in [0, 0.05) is 25.2 Å². The van der Waals surface area contributed by atoms with Gasteiger partial charge in [-0.05, 0) is 78.2 Å². The molecule has 17 nitrogen and oxygen atoms in total. The summed E-state index contributed by atoms with van der Waals surface area (Å²) in [4.78, 5) is 97.1. The molecule has 3 heterocycles. The zero-order valence-corrected chi connectivity index (χ0v) is 34.7. The highest BCUT2D eigenvalue weighted by atomic mass is 16.6. The summed E-state index contributed by atoms with van der Waals surface area (Å²) in [5.74, 6) is -3.14. The summed E-state index contributed by atoms with van der Waals surface area (Å²) in [5.41, 5.74) is 0.270. The molecule has 1 unspecified atom stereocenters. The minimum absolute atomic E-state index is 0.108. The first-order chi connectivity index (χ1) is 28.6. The summed E-state index contributed by atoms with van der Waals surface area (Å²) in [6, 6.07) is 12.0. The van der Waals surface area contributed by atoms with Crippen LogP contribution in [0.2, 0.25) is 0 Å². The average molecular weight is 836 g/mol. The molecule has 6 atom stereocenters. The molecule has 3 fully saturated rings. The van der Waals surface area contributed by atoms with Gasteiger partial charge in [-0.25, -0.2) is 19.2 Å². The maximum absolute atomic E-state index is 13.9. The fraction of sp³-hybridized carbons (Fsp3) is 0.558. The van der Waals surface area contributed by atoms with Gasteiger partial charge in [-0.1, -0.05) is 60.7 Å². The van der Waals surface area contributed by atoms with E-state index in [0.717, 1.165) is 12.8 Å². The van der Waals surface area contributed by atoms with Crippen LogP contribution in [0, 0.1) is 0 Å². The van der Waals surface area contributed by atoms with Crippen molar-refractivity contribution in [3.63, 3.8) is 0 Å². The lowest BCUT2D eigenvalue weighted by Crippen LogP contribution is -2.61. The number of piperidine rings is 1. The monoisotopic (exact) mass is 835 g/mol. The maximum atomic E-state index is 13.9. The van der Waals surface area contributed by atoms with Crippen molar-refractivity contribution in [1.82, 2.24) is 25.3 Å². The highest BCUT2D eigenvalue weighted by Gasteiger charge is 2.44. The Morgan fingerprint density at radius 2 is 1.40 bits per heavy atom. The number of likely N-dealkylation sites (tertiary alicyclic amines) is 3. The molecule has 3 N–H and O–H groups in total. The number of rotatable bonds is 15. The molecule has 3 aliphatic heterocycles. The predicted molar refractivity (Wildman–Crippen MR) is 215 cm³/mol. The fourth-order valence-electron chi connectivity index (χ4n) is 7.56. The number of Topliss-reactive ketones (excluding diaryl/α,β-unsaturated/α-hetero) is 1. The first-order valence-corrected chi connectivity index (χ1v) is 20.6. The maximum Gasteiger partial charge on any atom is 0.410 e. The smallest absolute Gasteiger partial charge is 0.410 e. The number of alkyl carbamates (subject to hydrolysis) is 1. The molecule has 0 aromatic heterocycles. The molecular weight excluding hydrogens is 778 g/mol. The minimum atomic E-state index is -1.55. The van der Waals surface area contributed by atoms with Gasteiger partial charge in [0.05, 0.1) is 12.1 Å². The standard InChI is InChI=1S/C43H57N5O12/c1-28(44-36(50)32-19-11-12-22-46(32)38(52)33-20-13-24-48(33)42(56)60-43(2,3)4)37(51)47-23-14-21-34(47)40(54)57-26-31(45-41(55)59-25-29-15-7-5-8-16-29)39(53)58-27-35(49)30-17-9-6-10-18-30/h5-10,15-18,28,31-34,36,44,50H,11-14,19-27H2,1-4H3,(H,45,55)/t28-,31-,32-,33-,34-,36?/m0/s1. The molecule has 326 valence electrons. The van der Waals surface area contributed by atoms with Crippen molar-refractivity contribution >= 4 is 41.7 Å². The van der Waals surface area contributed by atoms with Crippen LogP contribution < -0.4 is 10.6 Å². The van der Waals surface area contributed by atoms with Gasteiger partial charge in [0.2, 0.25) is 11.8 Å². The molecule has 0 radical (unpaired) electrons. The van der Waals surface area contributed by atoms with Crippen LogP contribution in [0.15, 0.2) is 60.7 Å². The summed E-state index contributed by atoms with van der Waals surface area (Å²) in [7, 11) is 0. The van der Waals surface area contributed by atoms with Crippen molar-refractivity contribution in [2.75, 3.05) is 32.8 Å². The number of esters is 2. The number of benzene rings is 2. The van der Waals surface area contributed by atoms with Gasteiger partial charge >= 0.3 is 24.1 Å². The lowest BCUT2D eigenvalue weighted by molar-refractivity contribution is -0.158. The van der Waals surface area contributed by atoms with Crippen molar-refractivity contribution in [2.45, 2.75) is 121 Å². The van der Waals surface area contributed by atoms with Crippen molar-refractivity contribution < 1.29 is 57.6 Å². The summed E-state index contributed by atoms with van der Waals surface area (Å²) < 4.78 is 21.5. The van der Waals surface area contributed by atoms with Crippen LogP contribution in [-0.4, -0.2) is 136 Å². The van der Waals surface area contributed by atoms with E-state index < -0.39 is 91.1 Å². The molecule has 0 spiro atoms. The van der Waals surface area contributed by atoms with E-state index in [0.29, 0.717) is 49.9 Å². The topological polar surface area (TPSA) is 210 Å². The van der Waals surface area contributed by atoms with Crippen LogP contribution in [-0.2, 0) is 44.7 Å². The van der Waals surface area contributed by atoms with Crippen LogP contribution in [0.5, 0.6) is 0 Å². The fourth-order valence-corrected chi connectivity index (χ4v) is 7.56. The molecule has 0 saturated carbocycles. The Kier molecular flexibility index (Phi) is 16.0. The number of amides is 4. The van der Waals surface area contributed by atoms with Crippen LogP contribution in [0.1, 0.15) is 88.6 Å². The highest BCUT2D eigenvalue weighted by Crippen LogP contribution is 2.27. The third-order valence-corrected chi connectivity index (χ3v) is 10.6. The third kappa shape index (κ3) is 12.5. The number of hydrogen-bond donors (Lipinski definition) is 3. The second-order valence-electron chi connectivity index (χ2n) is 16.2. The molecule has 2 aromatic rings. The van der Waals surface area contributed by atoms with Gasteiger partial charge in [0.15, 0.2) is 18.4 Å². The van der Waals surface area contributed by atoms with Gasteiger partial charge < -0.3 is 39.2 Å². The molecule has 0 aliphatic carbocycles. The molecule has 4 amide bonds. The van der Waals surface area contributed by atoms with Crippen molar-refractivity contribution in [2.24, 2.45) is 0 Å². The number of aliphatic hydroxyl groups is 1. The third-order valence-electron chi connectivity index (χ3n) is 10.6. The quantitative estimate of drug-likeness (QED) is 0.102. The number of aliphatic hydroxyl groups excluding tert-OH is 1. The van der Waals surface area contributed by atoms with E-state index in [9.17, 15) is 38.7 Å². The number of carbonyl (C=O) groups is 7. The summed E-state index contributed by atoms with van der Waals surface area (Å²) in [6.45, 7) is 6.39. The van der Waals surface area contributed by atoms with E-state index in [1.165, 1.54) is 9.80 Å². The molecule has 2 aromatic carbocycles. The number of hydrogen-bond acceptors (Lipinski definition) is 13. The Labute approximate surface area is 350 Å². The molecule has 0 bridgehead atoms. The van der Waals surface area contributed by atoms with Gasteiger partial charge in [0.25, 0.3) is 0 Å². The van der Waals surface area contributed by atoms with E-state index >= 15 is 0 Å². The van der Waals surface area contributed by atoms with Crippen LogP contribution in [0.25, 0.3) is 0 Å². The normalized spacial score (nSPS) is 20.7. The zero-order valence-electron chi connectivity index (χ0n) is 34.7. The van der Waals surface area contributed by atoms with Crippen molar-refractivity contribution in [3.05, 3.63) is 71.8 Å². The molecular formula is C43H57N5O12. The molecule has 17 heteroatoms. The van der Waals surface area contributed by atoms with Crippen LogP contribution in [0.3, 0.4) is 0 Å². The Hall–Kier alpha value is -5.55. The second kappa shape index (κ2) is 21.1. The molecule has 5 rings (SSSR count). The Bertz CT molecular complexity index is 1820. The molecule has 3 aliphatic rings. The van der Waals surface area contributed by atoms with E-state index in [1.54, 1.807) is 93.3 Å². The van der Waals surface area contributed by atoms with Crippen LogP contribution in [0.4, 0.5) is 9.59 Å². The van der Waals surface area contributed by atoms with E-state index in [4.69, 9.17) is 18.9 Å². The lowest BCUT2D eigenvalue weighted by Gasteiger charge is -2.41. The van der Waals surface area contributed by atoms with E-state index in [1.807, 2.05) is 0 Å². The number of nitrogens with zero attached hydrogens (tertiary/aromatic N) is 3. The highest BCUT2D eigenvalue weighted by molar-refractivity contribution is 5.98. The number of ether oxygens (including phenoxy) is 4. The van der Waals surface area contributed by atoms with Crippen LogP contribution >= 0.6 is 0 Å². The molecule has 60 heavy (non-hydrogen) atoms. The Balaban J connectivity index is 1.18. The minimum Gasteiger partial charge on any atom is -0.461 e. The predicted octanol–water partition coefficient (Wildman–Crippen LogP) is 3.32. The van der Waals surface area contributed by atoms with E-state index in [-0.39, 0.29) is 25.5 Å². The van der Waals surface area contributed by atoms with Crippen molar-refractivity contribution in [1.29, 1.82) is 0 Å². The summed E-state index contributed by atoms with van der Waals surface area (Å²) in [5, 5.41) is 16.7. The van der Waals surface area contributed by atoms with Gasteiger partial charge in [-0.3, -0.25) is 24.6 Å². The van der Waals surface area contributed by atoms with Gasteiger partial charge in [-0.15, -0.1) is 0 Å². The summed E-state index contributed by atoms with van der Waals surface area (Å²) in [6.07, 6.45) is 0.904. The molecule has 3 saturated heterocycles. The number of ketones is 1. The average Bonchev–Trinajstić information content (AvgIpc) is 3.94. The Morgan fingerprint density at radius 1 is 0.767 bits per heavy atom. The second-order valence-corrected chi connectivity index (χ2v) is 16.2. The number of carbonyl (C=O) groups excluding carboxylic acids is 7. The summed E-state index contributed by atoms with van der Waals surface area (Å²) >= 11 is 0. The first kappa shape index (κ1) is 45.5. The number of nitrogens with one attached hydrogen (secondary N) is 2. The largest absolute Gasteiger partial charge is 0.461 e. The zero-order chi connectivity index (χ0) is 43.4. The SMILES string of the molecule is C[C@H](NC(O)[C@@H]1CCCCN1C(=O)[C@@H]1CCCN1C(=O)OC(C)(C)C)C(=O)N1CCC[C@H]1C(=O)OC[C@H](NC(=O)OCc1ccccc1)C(=O)OCC(=O)c1ccccc1. The Morgan fingerprint density at radius 3 is 2.08 bits per heavy atom. The van der Waals surface area contributed by atoms with Gasteiger partial charge in [-0.2, -0.15) is 0 Å².